The quantitative estimate of drug-likeness (QED) is 0.588. The maximum Gasteiger partial charge on any atom is 0.322 e. The zero-order valence-corrected chi connectivity index (χ0v) is 19.1. The molecular formula is C23H23N5O4S. The third-order valence-electron chi connectivity index (χ3n) is 5.82. The Kier molecular flexibility index (Phi) is 5.59. The van der Waals surface area contributed by atoms with Crippen molar-refractivity contribution < 1.29 is 19.1 Å². The molecule has 5 rings (SSSR count). The smallest absolute Gasteiger partial charge is 0.322 e. The van der Waals surface area contributed by atoms with Gasteiger partial charge in [-0.1, -0.05) is 17.4 Å². The number of fused-ring (bicyclic) bond motifs is 1. The molecule has 1 saturated heterocycles. The maximum absolute atomic E-state index is 12.9. The number of ether oxygens (including phenoxy) is 2. The largest absolute Gasteiger partial charge is 0.454 e. The second kappa shape index (κ2) is 8.70. The molecular weight excluding hydrogens is 442 g/mol. The minimum absolute atomic E-state index is 0.168. The number of aromatic nitrogens is 2. The molecule has 33 heavy (non-hydrogen) atoms. The number of benzene rings is 2. The summed E-state index contributed by atoms with van der Waals surface area (Å²) in [7, 11) is 0. The van der Waals surface area contributed by atoms with Gasteiger partial charge in [0.25, 0.3) is 5.91 Å². The number of hydrogen-bond donors (Lipinski definition) is 2. The van der Waals surface area contributed by atoms with E-state index in [1.165, 1.54) is 16.9 Å². The zero-order chi connectivity index (χ0) is 22.9. The van der Waals surface area contributed by atoms with E-state index in [2.05, 4.69) is 20.8 Å². The highest BCUT2D eigenvalue weighted by atomic mass is 32.1. The van der Waals surface area contributed by atoms with Crippen LogP contribution in [0.3, 0.4) is 0 Å². The predicted octanol–water partition coefficient (Wildman–Crippen LogP) is 4.50. The molecule has 3 amide bonds. The van der Waals surface area contributed by atoms with E-state index in [-0.39, 0.29) is 29.8 Å². The number of hydrogen-bond acceptors (Lipinski definition) is 7. The number of anilines is 2. The molecule has 0 spiro atoms. The predicted molar refractivity (Wildman–Crippen MR) is 124 cm³/mol. The number of amides is 3. The van der Waals surface area contributed by atoms with Gasteiger partial charge in [-0.2, -0.15) is 0 Å². The second-order valence-electron chi connectivity index (χ2n) is 8.05. The average molecular weight is 466 g/mol. The molecule has 2 aliphatic heterocycles. The first kappa shape index (κ1) is 21.2. The standard InChI is InChI=1S/C23H23N5O4S/c1-13-5-6-15(10-14(13)2)25-23(30)28-9-3-4-17(28)21-26-27-22(33-21)20(29)24-16-7-8-18-19(11-16)32-12-31-18/h5-8,10-11,17H,3-4,9,12H2,1-2H3,(H,24,29)(H,25,30)/t17-/m1/s1. The summed E-state index contributed by atoms with van der Waals surface area (Å²) in [5, 5.41) is 15.0. The first-order chi connectivity index (χ1) is 16.0. The molecule has 2 aliphatic rings. The van der Waals surface area contributed by atoms with Crippen LogP contribution < -0.4 is 20.1 Å². The van der Waals surface area contributed by atoms with E-state index >= 15 is 0 Å². The third-order valence-corrected chi connectivity index (χ3v) is 6.85. The lowest BCUT2D eigenvalue weighted by molar-refractivity contribution is 0.102. The molecule has 0 bridgehead atoms. The summed E-state index contributed by atoms with van der Waals surface area (Å²) in [5.74, 6) is 0.871. The van der Waals surface area contributed by atoms with Gasteiger partial charge in [0.15, 0.2) is 11.5 Å². The van der Waals surface area contributed by atoms with Gasteiger partial charge in [0.1, 0.15) is 5.01 Å². The van der Waals surface area contributed by atoms with Crippen LogP contribution in [0, 0.1) is 13.8 Å². The highest BCUT2D eigenvalue weighted by molar-refractivity contribution is 7.13. The van der Waals surface area contributed by atoms with Crippen molar-refractivity contribution >= 4 is 34.6 Å². The average Bonchev–Trinajstić information content (AvgIpc) is 3.55. The van der Waals surface area contributed by atoms with Crippen LogP contribution >= 0.6 is 11.3 Å². The lowest BCUT2D eigenvalue weighted by atomic mass is 10.1. The Balaban J connectivity index is 1.26. The summed E-state index contributed by atoms with van der Waals surface area (Å²) in [6.07, 6.45) is 1.64. The van der Waals surface area contributed by atoms with E-state index in [1.54, 1.807) is 23.1 Å². The van der Waals surface area contributed by atoms with Crippen molar-refractivity contribution in [2.24, 2.45) is 0 Å². The zero-order valence-electron chi connectivity index (χ0n) is 18.3. The van der Waals surface area contributed by atoms with Gasteiger partial charge in [-0.25, -0.2) is 4.79 Å². The van der Waals surface area contributed by atoms with Crippen molar-refractivity contribution in [3.8, 4) is 11.5 Å². The summed E-state index contributed by atoms with van der Waals surface area (Å²) >= 11 is 1.20. The van der Waals surface area contributed by atoms with E-state index in [4.69, 9.17) is 9.47 Å². The van der Waals surface area contributed by atoms with Crippen LogP contribution in [-0.2, 0) is 0 Å². The van der Waals surface area contributed by atoms with Gasteiger partial charge in [-0.05, 0) is 62.1 Å². The van der Waals surface area contributed by atoms with Gasteiger partial charge in [0, 0.05) is 24.0 Å². The minimum Gasteiger partial charge on any atom is -0.454 e. The van der Waals surface area contributed by atoms with E-state index < -0.39 is 0 Å². The SMILES string of the molecule is Cc1ccc(NC(=O)N2CCC[C@@H]2c2nnc(C(=O)Nc3ccc4c(c3)OCO4)s2)cc1C. The Bertz CT molecular complexity index is 1230. The number of carbonyl (C=O) groups is 2. The normalized spacial score (nSPS) is 16.7. The fourth-order valence-electron chi connectivity index (χ4n) is 3.90. The van der Waals surface area contributed by atoms with Crippen LogP contribution in [0.5, 0.6) is 11.5 Å². The summed E-state index contributed by atoms with van der Waals surface area (Å²) in [6.45, 7) is 4.84. The highest BCUT2D eigenvalue weighted by Crippen LogP contribution is 2.36. The third kappa shape index (κ3) is 4.34. The first-order valence-corrected chi connectivity index (χ1v) is 11.5. The number of carbonyl (C=O) groups excluding carboxylic acids is 2. The molecule has 0 radical (unpaired) electrons. The number of nitrogens with one attached hydrogen (secondary N) is 2. The van der Waals surface area contributed by atoms with Crippen LogP contribution in [0.25, 0.3) is 0 Å². The molecule has 1 fully saturated rings. The van der Waals surface area contributed by atoms with Crippen LogP contribution in [-0.4, -0.2) is 40.4 Å². The monoisotopic (exact) mass is 465 g/mol. The summed E-state index contributed by atoms with van der Waals surface area (Å²) < 4.78 is 10.6. The van der Waals surface area contributed by atoms with Crippen molar-refractivity contribution in [2.45, 2.75) is 32.7 Å². The van der Waals surface area contributed by atoms with Crippen LogP contribution in [0.1, 0.15) is 44.8 Å². The van der Waals surface area contributed by atoms with Crippen molar-refractivity contribution in [1.82, 2.24) is 15.1 Å². The van der Waals surface area contributed by atoms with Gasteiger partial charge < -0.3 is 25.0 Å². The summed E-state index contributed by atoms with van der Waals surface area (Å²) in [6, 6.07) is 10.7. The Morgan fingerprint density at radius 2 is 1.79 bits per heavy atom. The minimum atomic E-state index is -0.359. The molecule has 0 aliphatic carbocycles. The fourth-order valence-corrected chi connectivity index (χ4v) is 4.79. The molecule has 1 atom stereocenters. The van der Waals surface area contributed by atoms with Gasteiger partial charge in [-0.15, -0.1) is 10.2 Å². The van der Waals surface area contributed by atoms with E-state index in [0.29, 0.717) is 28.7 Å². The Morgan fingerprint density at radius 1 is 1.00 bits per heavy atom. The first-order valence-electron chi connectivity index (χ1n) is 10.7. The van der Waals surface area contributed by atoms with Crippen molar-refractivity contribution in [2.75, 3.05) is 24.0 Å². The van der Waals surface area contributed by atoms with E-state index in [0.717, 1.165) is 24.1 Å². The van der Waals surface area contributed by atoms with Gasteiger partial charge >= 0.3 is 6.03 Å². The van der Waals surface area contributed by atoms with Crippen molar-refractivity contribution in [3.05, 3.63) is 57.5 Å². The molecule has 9 nitrogen and oxygen atoms in total. The number of rotatable bonds is 4. The van der Waals surface area contributed by atoms with E-state index in [1.807, 2.05) is 32.0 Å². The molecule has 0 saturated carbocycles. The molecule has 1 aromatic heterocycles. The summed E-state index contributed by atoms with van der Waals surface area (Å²) in [4.78, 5) is 27.4. The Morgan fingerprint density at radius 3 is 2.64 bits per heavy atom. The van der Waals surface area contributed by atoms with Crippen LogP contribution in [0.15, 0.2) is 36.4 Å². The van der Waals surface area contributed by atoms with Gasteiger partial charge in [-0.3, -0.25) is 4.79 Å². The number of nitrogens with zero attached hydrogens (tertiary/aromatic N) is 3. The Labute approximate surface area is 194 Å². The maximum atomic E-state index is 12.9. The lowest BCUT2D eigenvalue weighted by Gasteiger charge is -2.23. The van der Waals surface area contributed by atoms with Gasteiger partial charge in [0.05, 0.1) is 6.04 Å². The highest BCUT2D eigenvalue weighted by Gasteiger charge is 2.33. The van der Waals surface area contributed by atoms with E-state index in [9.17, 15) is 9.59 Å². The summed E-state index contributed by atoms with van der Waals surface area (Å²) in [5.41, 5.74) is 3.63. The topological polar surface area (TPSA) is 106 Å². The second-order valence-corrected chi connectivity index (χ2v) is 9.06. The van der Waals surface area contributed by atoms with Crippen molar-refractivity contribution in [3.63, 3.8) is 0 Å². The molecule has 3 heterocycles. The fraction of sp³-hybridized carbons (Fsp3) is 0.304. The molecule has 170 valence electrons. The lowest BCUT2D eigenvalue weighted by Crippen LogP contribution is -2.34. The molecule has 10 heteroatoms. The molecule has 2 aromatic carbocycles. The van der Waals surface area contributed by atoms with Gasteiger partial charge in [0.2, 0.25) is 11.8 Å². The molecule has 2 N–H and O–H groups in total. The number of aryl methyl sites for hydroxylation is 2. The van der Waals surface area contributed by atoms with Crippen molar-refractivity contribution in [1.29, 1.82) is 0 Å². The molecule has 3 aromatic rings. The number of likely N-dealkylation sites (tertiary alicyclic amines) is 1. The van der Waals surface area contributed by atoms with Crippen LogP contribution in [0.2, 0.25) is 0 Å². The van der Waals surface area contributed by atoms with Crippen LogP contribution in [0.4, 0.5) is 16.2 Å². The molecule has 0 unspecified atom stereocenters. The number of urea groups is 1. The Hall–Kier alpha value is -3.66.